The molecule has 1 atom stereocenters. The Morgan fingerprint density at radius 1 is 1.28 bits per heavy atom. The minimum atomic E-state index is -0.568. The van der Waals surface area contributed by atoms with Crippen LogP contribution in [0.4, 0.5) is 0 Å². The molecule has 5 nitrogen and oxygen atoms in total. The molecule has 2 amide bonds. The Bertz CT molecular complexity index is 357. The van der Waals surface area contributed by atoms with E-state index in [0.717, 1.165) is 45.1 Å². The molecule has 0 aromatic rings. The summed E-state index contributed by atoms with van der Waals surface area (Å²) in [4.78, 5) is 26.2. The molecular weight excluding hydrogens is 232 g/mol. The van der Waals surface area contributed by atoms with E-state index in [-0.39, 0.29) is 24.5 Å². The lowest BCUT2D eigenvalue weighted by molar-refractivity contribution is -0.155. The van der Waals surface area contributed by atoms with Crippen LogP contribution in [-0.2, 0) is 14.3 Å². The van der Waals surface area contributed by atoms with Crippen LogP contribution in [-0.4, -0.2) is 48.1 Å². The van der Waals surface area contributed by atoms with Gasteiger partial charge < -0.3 is 15.0 Å². The first kappa shape index (κ1) is 12.0. The number of amides is 2. The van der Waals surface area contributed by atoms with Gasteiger partial charge in [-0.05, 0) is 25.7 Å². The van der Waals surface area contributed by atoms with Crippen LogP contribution in [0.5, 0.6) is 0 Å². The van der Waals surface area contributed by atoms with Gasteiger partial charge in [-0.15, -0.1) is 0 Å². The van der Waals surface area contributed by atoms with Crippen molar-refractivity contribution in [3.8, 4) is 0 Å². The highest BCUT2D eigenvalue weighted by atomic mass is 16.5. The second kappa shape index (κ2) is 4.53. The number of nitrogens with one attached hydrogen (secondary N) is 1. The van der Waals surface area contributed by atoms with Crippen molar-refractivity contribution in [1.29, 1.82) is 0 Å². The molecule has 2 saturated heterocycles. The molecule has 1 saturated carbocycles. The Kier molecular flexibility index (Phi) is 3.01. The molecule has 2 heterocycles. The zero-order chi connectivity index (χ0) is 12.6. The van der Waals surface area contributed by atoms with Crippen molar-refractivity contribution < 1.29 is 14.3 Å². The van der Waals surface area contributed by atoms with Crippen molar-refractivity contribution in [2.75, 3.05) is 19.7 Å². The third-order valence-electron chi connectivity index (χ3n) is 4.48. The van der Waals surface area contributed by atoms with E-state index in [0.29, 0.717) is 6.54 Å². The Morgan fingerprint density at radius 3 is 2.72 bits per heavy atom. The van der Waals surface area contributed by atoms with Crippen molar-refractivity contribution in [3.05, 3.63) is 0 Å². The van der Waals surface area contributed by atoms with Crippen LogP contribution >= 0.6 is 0 Å². The van der Waals surface area contributed by atoms with E-state index in [4.69, 9.17) is 4.74 Å². The predicted octanol–water partition coefficient (Wildman–Crippen LogP) is 0.437. The van der Waals surface area contributed by atoms with Gasteiger partial charge in [-0.1, -0.05) is 12.8 Å². The second-order valence-electron chi connectivity index (χ2n) is 5.56. The summed E-state index contributed by atoms with van der Waals surface area (Å²) in [7, 11) is 0. The molecule has 0 bridgehead atoms. The molecule has 0 aromatic heterocycles. The summed E-state index contributed by atoms with van der Waals surface area (Å²) < 4.78 is 5.62. The van der Waals surface area contributed by atoms with E-state index >= 15 is 0 Å². The number of carbonyl (C=O) groups excluding carboxylic acids is 2. The lowest BCUT2D eigenvalue weighted by Gasteiger charge is -2.44. The largest absolute Gasteiger partial charge is 0.376 e. The SMILES string of the molecule is O=C1CNC(=O)C2(CCCC2)N1CC1CCCO1. The van der Waals surface area contributed by atoms with Crippen molar-refractivity contribution in [2.45, 2.75) is 50.2 Å². The van der Waals surface area contributed by atoms with Gasteiger partial charge in [0.25, 0.3) is 0 Å². The van der Waals surface area contributed by atoms with Gasteiger partial charge in [-0.2, -0.15) is 0 Å². The lowest BCUT2D eigenvalue weighted by Crippen LogP contribution is -2.67. The first-order chi connectivity index (χ1) is 8.72. The van der Waals surface area contributed by atoms with Gasteiger partial charge in [0.15, 0.2) is 0 Å². The highest BCUT2D eigenvalue weighted by molar-refractivity contribution is 5.98. The van der Waals surface area contributed by atoms with Gasteiger partial charge >= 0.3 is 0 Å². The molecule has 3 aliphatic rings. The zero-order valence-electron chi connectivity index (χ0n) is 10.6. The van der Waals surface area contributed by atoms with Crippen LogP contribution in [0, 0.1) is 0 Å². The molecule has 5 heteroatoms. The minimum absolute atomic E-state index is 0.0394. The topological polar surface area (TPSA) is 58.6 Å². The summed E-state index contributed by atoms with van der Waals surface area (Å²) >= 11 is 0. The molecule has 3 fully saturated rings. The van der Waals surface area contributed by atoms with Crippen molar-refractivity contribution in [1.82, 2.24) is 10.2 Å². The fraction of sp³-hybridized carbons (Fsp3) is 0.846. The molecule has 0 aromatic carbocycles. The summed E-state index contributed by atoms with van der Waals surface area (Å²) in [6, 6.07) is 0. The van der Waals surface area contributed by atoms with Gasteiger partial charge in [0.05, 0.1) is 12.6 Å². The summed E-state index contributed by atoms with van der Waals surface area (Å²) in [6.45, 7) is 1.52. The third-order valence-corrected chi connectivity index (χ3v) is 4.48. The van der Waals surface area contributed by atoms with E-state index in [9.17, 15) is 9.59 Å². The Hall–Kier alpha value is -1.10. The van der Waals surface area contributed by atoms with Crippen molar-refractivity contribution in [2.24, 2.45) is 0 Å². The highest BCUT2D eigenvalue weighted by Crippen LogP contribution is 2.37. The van der Waals surface area contributed by atoms with Crippen molar-refractivity contribution in [3.63, 3.8) is 0 Å². The van der Waals surface area contributed by atoms with Gasteiger partial charge in [0.2, 0.25) is 11.8 Å². The zero-order valence-corrected chi connectivity index (χ0v) is 10.6. The van der Waals surface area contributed by atoms with Crippen molar-refractivity contribution >= 4 is 11.8 Å². The lowest BCUT2D eigenvalue weighted by atomic mass is 9.91. The molecule has 1 N–H and O–H groups in total. The number of ether oxygens (including phenoxy) is 1. The minimum Gasteiger partial charge on any atom is -0.376 e. The average Bonchev–Trinajstić information content (AvgIpc) is 3.02. The average molecular weight is 252 g/mol. The van der Waals surface area contributed by atoms with E-state index in [1.165, 1.54) is 0 Å². The van der Waals surface area contributed by atoms with Crippen LogP contribution in [0.25, 0.3) is 0 Å². The summed E-state index contributed by atoms with van der Waals surface area (Å²) in [5.74, 6) is 0.0876. The standard InChI is InChI=1S/C13H20N2O3/c16-11-8-14-12(17)13(5-1-2-6-13)15(11)9-10-4-3-7-18-10/h10H,1-9H2,(H,14,17). The maximum absolute atomic E-state index is 12.2. The monoisotopic (exact) mass is 252 g/mol. The number of nitrogens with zero attached hydrogens (tertiary/aromatic N) is 1. The Morgan fingerprint density at radius 2 is 2.06 bits per heavy atom. The second-order valence-corrected chi connectivity index (χ2v) is 5.56. The van der Waals surface area contributed by atoms with E-state index < -0.39 is 5.54 Å². The summed E-state index contributed by atoms with van der Waals surface area (Å²) in [5.41, 5.74) is -0.568. The molecular formula is C13H20N2O3. The molecule has 1 unspecified atom stereocenters. The Labute approximate surface area is 107 Å². The number of hydrogen-bond donors (Lipinski definition) is 1. The maximum atomic E-state index is 12.2. The van der Waals surface area contributed by atoms with E-state index in [1.807, 2.05) is 4.90 Å². The first-order valence-corrected chi connectivity index (χ1v) is 6.93. The smallest absolute Gasteiger partial charge is 0.246 e. The van der Waals surface area contributed by atoms with Gasteiger partial charge in [0, 0.05) is 13.2 Å². The molecule has 100 valence electrons. The van der Waals surface area contributed by atoms with Crippen LogP contribution < -0.4 is 5.32 Å². The maximum Gasteiger partial charge on any atom is 0.246 e. The number of rotatable bonds is 2. The molecule has 1 aliphatic carbocycles. The van der Waals surface area contributed by atoms with Crippen LogP contribution in [0.2, 0.25) is 0 Å². The third kappa shape index (κ3) is 1.81. The number of hydrogen-bond acceptors (Lipinski definition) is 3. The fourth-order valence-electron chi connectivity index (χ4n) is 3.50. The summed E-state index contributed by atoms with van der Waals surface area (Å²) in [6.07, 6.45) is 5.85. The quantitative estimate of drug-likeness (QED) is 0.775. The molecule has 3 rings (SSSR count). The van der Waals surface area contributed by atoms with Gasteiger partial charge in [0.1, 0.15) is 5.54 Å². The number of carbonyl (C=O) groups is 2. The number of piperazine rings is 1. The first-order valence-electron chi connectivity index (χ1n) is 6.93. The van der Waals surface area contributed by atoms with Crippen LogP contribution in [0.1, 0.15) is 38.5 Å². The molecule has 0 radical (unpaired) electrons. The highest BCUT2D eigenvalue weighted by Gasteiger charge is 2.51. The summed E-state index contributed by atoms with van der Waals surface area (Å²) in [5, 5.41) is 2.75. The Balaban J connectivity index is 1.81. The molecule has 1 spiro atoms. The van der Waals surface area contributed by atoms with E-state index in [1.54, 1.807) is 0 Å². The van der Waals surface area contributed by atoms with Gasteiger partial charge in [-0.25, -0.2) is 0 Å². The van der Waals surface area contributed by atoms with E-state index in [2.05, 4.69) is 5.32 Å². The van der Waals surface area contributed by atoms with Crippen LogP contribution in [0.15, 0.2) is 0 Å². The normalized spacial score (nSPS) is 31.1. The molecule has 2 aliphatic heterocycles. The van der Waals surface area contributed by atoms with Gasteiger partial charge in [-0.3, -0.25) is 9.59 Å². The fourth-order valence-corrected chi connectivity index (χ4v) is 3.50. The predicted molar refractivity (Wildman–Crippen MR) is 64.9 cm³/mol. The molecule has 18 heavy (non-hydrogen) atoms. The van der Waals surface area contributed by atoms with Crippen LogP contribution in [0.3, 0.4) is 0 Å².